The summed E-state index contributed by atoms with van der Waals surface area (Å²) >= 11 is 7.65. The molecule has 1 N–H and O–H groups in total. The molecule has 168 valence electrons. The van der Waals surface area contributed by atoms with Crippen molar-refractivity contribution < 1.29 is 13.2 Å². The summed E-state index contributed by atoms with van der Waals surface area (Å²) in [5.74, 6) is 0.0154. The minimum atomic E-state index is -3.11. The van der Waals surface area contributed by atoms with Crippen molar-refractivity contribution in [2.45, 2.75) is 31.7 Å². The number of nitrogens with one attached hydrogen (secondary N) is 1. The first-order chi connectivity index (χ1) is 14.8. The molecule has 0 radical (unpaired) electrons. The van der Waals surface area contributed by atoms with E-state index >= 15 is 0 Å². The molecule has 2 aromatic rings. The van der Waals surface area contributed by atoms with Crippen LogP contribution in [-0.2, 0) is 14.8 Å². The molecule has 10 heteroatoms. The molecule has 2 fully saturated rings. The van der Waals surface area contributed by atoms with Gasteiger partial charge in [-0.1, -0.05) is 29.8 Å². The van der Waals surface area contributed by atoms with Crippen LogP contribution < -0.4 is 5.32 Å². The molecule has 0 spiro atoms. The smallest absolute Gasteiger partial charge is 0.229 e. The van der Waals surface area contributed by atoms with E-state index < -0.39 is 10.0 Å². The van der Waals surface area contributed by atoms with Crippen molar-refractivity contribution in [3.8, 4) is 11.3 Å². The summed E-state index contributed by atoms with van der Waals surface area (Å²) in [4.78, 5) is 19.7. The third kappa shape index (κ3) is 5.46. The van der Waals surface area contributed by atoms with Crippen LogP contribution in [-0.4, -0.2) is 67.0 Å². The highest BCUT2D eigenvalue weighted by Gasteiger charge is 2.32. The molecule has 1 aromatic heterocycles. The molecule has 1 amide bonds. The van der Waals surface area contributed by atoms with Crippen LogP contribution in [0.4, 0.5) is 5.13 Å². The number of nitrogens with zero attached hydrogens (tertiary/aromatic N) is 3. The number of rotatable bonds is 5. The maximum absolute atomic E-state index is 12.8. The predicted octanol–water partition coefficient (Wildman–Crippen LogP) is 3.54. The minimum absolute atomic E-state index is 0.0128. The summed E-state index contributed by atoms with van der Waals surface area (Å²) in [6.45, 7) is 2.63. The van der Waals surface area contributed by atoms with Crippen LogP contribution in [0.1, 0.15) is 25.7 Å². The Morgan fingerprint density at radius 2 is 1.81 bits per heavy atom. The first-order valence-corrected chi connectivity index (χ1v) is 13.6. The number of benzene rings is 1. The van der Waals surface area contributed by atoms with Crippen LogP contribution in [0.5, 0.6) is 0 Å². The van der Waals surface area contributed by atoms with Crippen molar-refractivity contribution >= 4 is 44.0 Å². The first kappa shape index (κ1) is 22.7. The fourth-order valence-electron chi connectivity index (χ4n) is 4.43. The Kier molecular flexibility index (Phi) is 6.98. The zero-order valence-corrected chi connectivity index (χ0v) is 19.8. The number of amides is 1. The number of sulfonamides is 1. The monoisotopic (exact) mass is 482 g/mol. The molecule has 7 nitrogen and oxygen atoms in total. The Morgan fingerprint density at radius 3 is 2.45 bits per heavy atom. The van der Waals surface area contributed by atoms with Gasteiger partial charge in [-0.05, 0) is 31.7 Å². The SMILES string of the molecule is CS(=O)(=O)N1CCN([C@H]2CC[C@H](C(=O)Nc3nc(-c4ccccc4Cl)cs3)CC2)CC1. The zero-order chi connectivity index (χ0) is 22.0. The molecular weight excluding hydrogens is 456 g/mol. The van der Waals surface area contributed by atoms with Gasteiger partial charge in [0.15, 0.2) is 5.13 Å². The Bertz CT molecular complexity index is 1030. The van der Waals surface area contributed by atoms with Crippen LogP contribution in [0.15, 0.2) is 29.6 Å². The summed E-state index contributed by atoms with van der Waals surface area (Å²) in [5.41, 5.74) is 1.63. The highest BCUT2D eigenvalue weighted by Crippen LogP contribution is 2.32. The summed E-state index contributed by atoms with van der Waals surface area (Å²) in [6.07, 6.45) is 4.86. The van der Waals surface area contributed by atoms with Gasteiger partial charge in [0.1, 0.15) is 0 Å². The minimum Gasteiger partial charge on any atom is -0.302 e. The number of hydrogen-bond acceptors (Lipinski definition) is 6. The summed E-state index contributed by atoms with van der Waals surface area (Å²) < 4.78 is 24.9. The van der Waals surface area contributed by atoms with Crippen LogP contribution in [0.3, 0.4) is 0 Å². The number of aromatic nitrogens is 1. The van der Waals surface area contributed by atoms with Crippen LogP contribution >= 0.6 is 22.9 Å². The maximum atomic E-state index is 12.8. The highest BCUT2D eigenvalue weighted by atomic mass is 35.5. The van der Waals surface area contributed by atoms with E-state index in [-0.39, 0.29) is 11.8 Å². The van der Waals surface area contributed by atoms with E-state index in [1.165, 1.54) is 17.6 Å². The van der Waals surface area contributed by atoms with Crippen molar-refractivity contribution in [1.82, 2.24) is 14.2 Å². The molecule has 2 heterocycles. The van der Waals surface area contributed by atoms with Gasteiger partial charge in [-0.2, -0.15) is 4.31 Å². The van der Waals surface area contributed by atoms with Crippen molar-refractivity contribution in [3.63, 3.8) is 0 Å². The number of anilines is 1. The van der Waals surface area contributed by atoms with Crippen LogP contribution in [0.2, 0.25) is 5.02 Å². The second kappa shape index (κ2) is 9.54. The van der Waals surface area contributed by atoms with Crippen molar-refractivity contribution in [3.05, 3.63) is 34.7 Å². The Morgan fingerprint density at radius 1 is 1.13 bits per heavy atom. The fourth-order valence-corrected chi connectivity index (χ4v) is 6.21. The first-order valence-electron chi connectivity index (χ1n) is 10.5. The topological polar surface area (TPSA) is 82.6 Å². The Balaban J connectivity index is 1.27. The van der Waals surface area contributed by atoms with Crippen molar-refractivity contribution in [2.24, 2.45) is 5.92 Å². The Labute approximate surface area is 192 Å². The van der Waals surface area contributed by atoms with Gasteiger partial charge in [-0.3, -0.25) is 9.69 Å². The molecule has 1 aliphatic carbocycles. The predicted molar refractivity (Wildman–Crippen MR) is 125 cm³/mol. The van der Waals surface area contributed by atoms with Gasteiger partial charge < -0.3 is 5.32 Å². The number of carbonyl (C=O) groups is 1. The molecule has 0 bridgehead atoms. The third-order valence-corrected chi connectivity index (χ3v) is 8.60. The van der Waals surface area contributed by atoms with Crippen molar-refractivity contribution in [2.75, 3.05) is 37.8 Å². The van der Waals surface area contributed by atoms with E-state index in [1.807, 2.05) is 29.6 Å². The third-order valence-electron chi connectivity index (χ3n) is 6.21. The normalized spacial score (nSPS) is 23.5. The molecular formula is C21H27ClN4O3S2. The van der Waals surface area contributed by atoms with E-state index in [0.29, 0.717) is 29.3 Å². The number of thiazole rings is 1. The van der Waals surface area contributed by atoms with Crippen LogP contribution in [0, 0.1) is 5.92 Å². The lowest BCUT2D eigenvalue weighted by molar-refractivity contribution is -0.121. The summed E-state index contributed by atoms with van der Waals surface area (Å²) in [7, 11) is -3.11. The zero-order valence-electron chi connectivity index (χ0n) is 17.5. The number of halogens is 1. The van der Waals surface area contributed by atoms with E-state index in [0.717, 1.165) is 50.0 Å². The number of piperazine rings is 1. The van der Waals surface area contributed by atoms with Gasteiger partial charge in [-0.15, -0.1) is 11.3 Å². The average Bonchev–Trinajstić information content (AvgIpc) is 3.22. The van der Waals surface area contributed by atoms with E-state index in [4.69, 9.17) is 11.6 Å². The standard InChI is InChI=1S/C21H27ClN4O3S2/c1-31(28,29)26-12-10-25(11-13-26)16-8-6-15(7-9-16)20(27)24-21-23-19(14-30-21)17-4-2-3-5-18(17)22/h2-5,14-16H,6-13H2,1H3,(H,23,24,27)/t15-,16-. The van der Waals surface area contributed by atoms with E-state index in [1.54, 1.807) is 4.31 Å². The van der Waals surface area contributed by atoms with Gasteiger partial charge in [0, 0.05) is 54.1 Å². The lowest BCUT2D eigenvalue weighted by Crippen LogP contribution is -2.52. The molecule has 1 saturated carbocycles. The summed E-state index contributed by atoms with van der Waals surface area (Å²) in [6, 6.07) is 7.97. The lowest BCUT2D eigenvalue weighted by Gasteiger charge is -2.41. The van der Waals surface area contributed by atoms with Crippen LogP contribution in [0.25, 0.3) is 11.3 Å². The summed E-state index contributed by atoms with van der Waals surface area (Å²) in [5, 5.41) is 6.12. The van der Waals surface area contributed by atoms with E-state index in [2.05, 4.69) is 15.2 Å². The highest BCUT2D eigenvalue weighted by molar-refractivity contribution is 7.88. The molecule has 0 unspecified atom stereocenters. The lowest BCUT2D eigenvalue weighted by atomic mass is 9.84. The molecule has 1 saturated heterocycles. The molecule has 31 heavy (non-hydrogen) atoms. The molecule has 1 aliphatic heterocycles. The van der Waals surface area contributed by atoms with Crippen molar-refractivity contribution in [1.29, 1.82) is 0 Å². The average molecular weight is 483 g/mol. The fraction of sp³-hybridized carbons (Fsp3) is 0.524. The van der Waals surface area contributed by atoms with Gasteiger partial charge in [0.2, 0.25) is 15.9 Å². The maximum Gasteiger partial charge on any atom is 0.229 e. The van der Waals surface area contributed by atoms with Gasteiger partial charge >= 0.3 is 0 Å². The van der Waals surface area contributed by atoms with Gasteiger partial charge in [-0.25, -0.2) is 13.4 Å². The van der Waals surface area contributed by atoms with Gasteiger partial charge in [0.25, 0.3) is 0 Å². The van der Waals surface area contributed by atoms with Gasteiger partial charge in [0.05, 0.1) is 11.9 Å². The molecule has 2 aliphatic rings. The molecule has 0 atom stereocenters. The quantitative estimate of drug-likeness (QED) is 0.704. The van der Waals surface area contributed by atoms with E-state index in [9.17, 15) is 13.2 Å². The second-order valence-corrected chi connectivity index (χ2v) is 11.5. The number of hydrogen-bond donors (Lipinski definition) is 1. The largest absolute Gasteiger partial charge is 0.302 e. The Hall–Kier alpha value is -1.52. The second-order valence-electron chi connectivity index (χ2n) is 8.21. The number of carbonyl (C=O) groups excluding carboxylic acids is 1. The molecule has 4 rings (SSSR count). The molecule has 1 aromatic carbocycles.